The fourth-order valence-electron chi connectivity index (χ4n) is 4.59. The Morgan fingerprint density at radius 2 is 1.83 bits per heavy atom. The Morgan fingerprint density at radius 1 is 1.07 bits per heavy atom. The third kappa shape index (κ3) is 2.75. The average Bonchev–Trinajstić information content (AvgIpc) is 3.44. The molecule has 1 unspecified atom stereocenters. The van der Waals surface area contributed by atoms with Gasteiger partial charge in [0.25, 0.3) is 0 Å². The maximum atomic E-state index is 13.6. The second-order valence-corrected chi connectivity index (χ2v) is 8.13. The standard InChI is InChI=1S/C24H18ClNO3/c25-18-10-8-16(9-11-18)20-13-24(20)19-6-1-2-7-21(19)26(23(24)29)14-15-4-3-5-17(12-15)22(27)28/h1-12,20H,13-14H2,(H,27,28)/t20-,24?/m0/s1. The SMILES string of the molecule is O=C(O)c1cccc(CN2C(=O)C3(C[C@H]3c3ccc(Cl)cc3)c3ccccc32)c1. The number of carboxylic acids is 1. The molecule has 2 atom stereocenters. The first kappa shape index (κ1) is 18.0. The Morgan fingerprint density at radius 3 is 2.59 bits per heavy atom. The van der Waals surface area contributed by atoms with E-state index in [0.717, 1.165) is 28.8 Å². The number of amides is 1. The third-order valence-corrected chi connectivity index (χ3v) is 6.30. The van der Waals surface area contributed by atoms with Crippen molar-refractivity contribution >= 4 is 29.2 Å². The van der Waals surface area contributed by atoms with Crippen LogP contribution in [-0.2, 0) is 16.8 Å². The van der Waals surface area contributed by atoms with Gasteiger partial charge in [0.2, 0.25) is 5.91 Å². The molecule has 1 aliphatic heterocycles. The number of halogens is 1. The molecule has 0 saturated heterocycles. The van der Waals surface area contributed by atoms with E-state index in [1.807, 2.05) is 54.6 Å². The molecular weight excluding hydrogens is 386 g/mol. The number of nitrogens with zero attached hydrogens (tertiary/aromatic N) is 1. The van der Waals surface area contributed by atoms with E-state index in [1.165, 1.54) is 0 Å². The highest BCUT2D eigenvalue weighted by atomic mass is 35.5. The second-order valence-electron chi connectivity index (χ2n) is 7.69. The molecule has 0 aromatic heterocycles. The Kier molecular flexibility index (Phi) is 4.00. The zero-order valence-electron chi connectivity index (χ0n) is 15.5. The van der Waals surface area contributed by atoms with Gasteiger partial charge in [0, 0.05) is 16.6 Å². The van der Waals surface area contributed by atoms with E-state index in [4.69, 9.17) is 11.6 Å². The van der Waals surface area contributed by atoms with E-state index in [0.29, 0.717) is 11.6 Å². The van der Waals surface area contributed by atoms with E-state index < -0.39 is 11.4 Å². The summed E-state index contributed by atoms with van der Waals surface area (Å²) in [6, 6.07) is 22.4. The van der Waals surface area contributed by atoms with E-state index >= 15 is 0 Å². The maximum Gasteiger partial charge on any atom is 0.335 e. The fourth-order valence-corrected chi connectivity index (χ4v) is 4.71. The summed E-state index contributed by atoms with van der Waals surface area (Å²) in [6.07, 6.45) is 0.774. The minimum absolute atomic E-state index is 0.0828. The van der Waals surface area contributed by atoms with Crippen molar-refractivity contribution in [2.24, 2.45) is 0 Å². The summed E-state index contributed by atoms with van der Waals surface area (Å²) in [7, 11) is 0. The molecule has 5 heteroatoms. The molecule has 29 heavy (non-hydrogen) atoms. The summed E-state index contributed by atoms with van der Waals surface area (Å²) in [5.74, 6) is -0.760. The summed E-state index contributed by atoms with van der Waals surface area (Å²) in [6.45, 7) is 0.353. The van der Waals surface area contributed by atoms with Crippen LogP contribution >= 0.6 is 11.6 Å². The lowest BCUT2D eigenvalue weighted by Crippen LogP contribution is -2.32. The number of carboxylic acid groups (broad SMARTS) is 1. The van der Waals surface area contributed by atoms with Crippen LogP contribution in [0.5, 0.6) is 0 Å². The fraction of sp³-hybridized carbons (Fsp3) is 0.167. The molecule has 1 saturated carbocycles. The lowest BCUT2D eigenvalue weighted by molar-refractivity contribution is -0.120. The average molecular weight is 404 g/mol. The third-order valence-electron chi connectivity index (χ3n) is 6.05. The quantitative estimate of drug-likeness (QED) is 0.666. The molecule has 1 fully saturated rings. The molecule has 1 amide bonds. The Bertz CT molecular complexity index is 1140. The summed E-state index contributed by atoms with van der Waals surface area (Å²) in [5.41, 5.74) is 3.58. The van der Waals surface area contributed by atoms with Gasteiger partial charge >= 0.3 is 5.97 Å². The molecule has 1 aliphatic carbocycles. The molecule has 1 N–H and O–H groups in total. The number of fused-ring (bicyclic) bond motifs is 2. The summed E-state index contributed by atoms with van der Waals surface area (Å²) < 4.78 is 0. The highest BCUT2D eigenvalue weighted by Gasteiger charge is 2.66. The largest absolute Gasteiger partial charge is 0.478 e. The molecule has 3 aromatic carbocycles. The number of carbonyl (C=O) groups excluding carboxylic acids is 1. The lowest BCUT2D eigenvalue weighted by Gasteiger charge is -2.19. The zero-order valence-corrected chi connectivity index (χ0v) is 16.3. The van der Waals surface area contributed by atoms with Gasteiger partial charge < -0.3 is 10.0 Å². The van der Waals surface area contributed by atoms with Crippen molar-refractivity contribution in [1.29, 1.82) is 0 Å². The lowest BCUT2D eigenvalue weighted by atomic mass is 9.92. The molecule has 5 rings (SSSR count). The van der Waals surface area contributed by atoms with Crippen LogP contribution in [0.2, 0.25) is 5.02 Å². The minimum Gasteiger partial charge on any atom is -0.478 e. The van der Waals surface area contributed by atoms with Crippen LogP contribution in [0.25, 0.3) is 0 Å². The van der Waals surface area contributed by atoms with E-state index in [2.05, 4.69) is 0 Å². The van der Waals surface area contributed by atoms with Gasteiger partial charge in [-0.2, -0.15) is 0 Å². The second kappa shape index (κ2) is 6.46. The molecule has 3 aromatic rings. The zero-order chi connectivity index (χ0) is 20.2. The summed E-state index contributed by atoms with van der Waals surface area (Å²) >= 11 is 6.03. The number of benzene rings is 3. The van der Waals surface area contributed by atoms with Gasteiger partial charge in [-0.1, -0.05) is 54.1 Å². The van der Waals surface area contributed by atoms with Crippen LogP contribution < -0.4 is 4.90 Å². The van der Waals surface area contributed by atoms with Gasteiger partial charge in [-0.05, 0) is 53.4 Å². The van der Waals surface area contributed by atoms with Crippen LogP contribution in [0.3, 0.4) is 0 Å². The highest BCUT2D eigenvalue weighted by molar-refractivity contribution is 6.30. The van der Waals surface area contributed by atoms with E-state index in [9.17, 15) is 14.7 Å². The number of anilines is 1. The van der Waals surface area contributed by atoms with E-state index in [-0.39, 0.29) is 17.4 Å². The molecular formula is C24H18ClNO3. The number of carbonyl (C=O) groups is 2. The van der Waals surface area contributed by atoms with Crippen molar-refractivity contribution in [3.63, 3.8) is 0 Å². The van der Waals surface area contributed by atoms with Crippen molar-refractivity contribution in [2.45, 2.75) is 24.3 Å². The smallest absolute Gasteiger partial charge is 0.335 e. The van der Waals surface area contributed by atoms with Crippen LogP contribution in [0, 0.1) is 0 Å². The number of hydrogen-bond acceptors (Lipinski definition) is 2. The number of para-hydroxylation sites is 1. The van der Waals surface area contributed by atoms with Crippen LogP contribution in [0.1, 0.15) is 39.4 Å². The van der Waals surface area contributed by atoms with Crippen molar-refractivity contribution in [3.05, 3.63) is 100 Å². The molecule has 0 radical (unpaired) electrons. The van der Waals surface area contributed by atoms with Gasteiger partial charge in [0.15, 0.2) is 0 Å². The van der Waals surface area contributed by atoms with Crippen LogP contribution in [0.15, 0.2) is 72.8 Å². The Labute approximate surface area is 173 Å². The van der Waals surface area contributed by atoms with Crippen LogP contribution in [-0.4, -0.2) is 17.0 Å². The number of rotatable bonds is 4. The van der Waals surface area contributed by atoms with Crippen molar-refractivity contribution in [1.82, 2.24) is 0 Å². The van der Waals surface area contributed by atoms with Crippen molar-refractivity contribution in [3.8, 4) is 0 Å². The number of aromatic carboxylic acids is 1. The molecule has 4 nitrogen and oxygen atoms in total. The predicted molar refractivity (Wildman–Crippen MR) is 112 cm³/mol. The van der Waals surface area contributed by atoms with Gasteiger partial charge in [0.05, 0.1) is 17.5 Å². The first-order valence-electron chi connectivity index (χ1n) is 9.50. The van der Waals surface area contributed by atoms with Gasteiger partial charge in [-0.25, -0.2) is 4.79 Å². The van der Waals surface area contributed by atoms with Crippen molar-refractivity contribution in [2.75, 3.05) is 4.90 Å². The van der Waals surface area contributed by atoms with E-state index in [1.54, 1.807) is 23.1 Å². The predicted octanol–water partition coefficient (Wildman–Crippen LogP) is 5.01. The number of hydrogen-bond donors (Lipinski definition) is 1. The van der Waals surface area contributed by atoms with Crippen LogP contribution in [0.4, 0.5) is 5.69 Å². The Balaban J connectivity index is 1.51. The molecule has 2 aliphatic rings. The monoisotopic (exact) mass is 403 g/mol. The minimum atomic E-state index is -0.971. The maximum absolute atomic E-state index is 13.6. The summed E-state index contributed by atoms with van der Waals surface area (Å²) in [4.78, 5) is 26.7. The Hall–Kier alpha value is -3.11. The first-order valence-corrected chi connectivity index (χ1v) is 9.88. The normalized spacial score (nSPS) is 22.0. The van der Waals surface area contributed by atoms with Crippen molar-refractivity contribution < 1.29 is 14.7 Å². The van der Waals surface area contributed by atoms with Gasteiger partial charge in [-0.3, -0.25) is 4.79 Å². The van der Waals surface area contributed by atoms with Gasteiger partial charge in [0.1, 0.15) is 0 Å². The molecule has 144 valence electrons. The molecule has 1 spiro atoms. The highest BCUT2D eigenvalue weighted by Crippen LogP contribution is 2.66. The summed E-state index contributed by atoms with van der Waals surface area (Å²) in [5, 5.41) is 9.95. The van der Waals surface area contributed by atoms with Gasteiger partial charge in [-0.15, -0.1) is 0 Å². The molecule has 0 bridgehead atoms. The first-order chi connectivity index (χ1) is 14.0. The molecule has 1 heterocycles. The topological polar surface area (TPSA) is 57.6 Å².